The Kier molecular flexibility index (Phi) is 4.97. The van der Waals surface area contributed by atoms with Crippen LogP contribution >= 0.6 is 11.8 Å². The monoisotopic (exact) mass is 398 g/mol. The molecule has 7 nitrogen and oxygen atoms in total. The van der Waals surface area contributed by atoms with Crippen molar-refractivity contribution in [1.82, 2.24) is 19.1 Å². The first-order valence-electron chi connectivity index (χ1n) is 9.29. The molecule has 1 saturated carbocycles. The minimum absolute atomic E-state index is 0.351. The number of rotatable bonds is 4. The van der Waals surface area contributed by atoms with Gasteiger partial charge in [-0.15, -0.1) is 11.8 Å². The second-order valence-corrected chi connectivity index (χ2v) is 8.27. The normalized spacial score (nSPS) is 14.7. The standard InChI is InChI=1S/C20H22N4O3S/c1-23-17-15(19(25)24(2)20(23)26)18(28-12-8-4-5-9-12)22-16(21-17)13-10-6-7-11-14(13)27-3/h6-7,10-12H,4-5,8-9H2,1-3H3. The van der Waals surface area contributed by atoms with E-state index in [2.05, 4.69) is 4.98 Å². The van der Waals surface area contributed by atoms with Crippen molar-refractivity contribution in [2.24, 2.45) is 14.1 Å². The quantitative estimate of drug-likeness (QED) is 0.629. The molecule has 0 bridgehead atoms. The number of para-hydroxylation sites is 1. The van der Waals surface area contributed by atoms with Crippen molar-refractivity contribution in [2.75, 3.05) is 7.11 Å². The van der Waals surface area contributed by atoms with Gasteiger partial charge in [-0.3, -0.25) is 13.9 Å². The van der Waals surface area contributed by atoms with Crippen LogP contribution in [0.2, 0.25) is 0 Å². The van der Waals surface area contributed by atoms with Crippen LogP contribution in [0.15, 0.2) is 38.9 Å². The zero-order valence-corrected chi connectivity index (χ0v) is 17.0. The maximum atomic E-state index is 12.9. The van der Waals surface area contributed by atoms with Gasteiger partial charge in [0.2, 0.25) is 0 Å². The number of methoxy groups -OCH3 is 1. The highest BCUT2D eigenvalue weighted by Gasteiger charge is 2.23. The van der Waals surface area contributed by atoms with Crippen molar-refractivity contribution >= 4 is 22.8 Å². The smallest absolute Gasteiger partial charge is 0.332 e. The number of hydrogen-bond acceptors (Lipinski definition) is 6. The first-order chi connectivity index (χ1) is 13.5. The molecular formula is C20H22N4O3S. The Morgan fingerprint density at radius 2 is 1.79 bits per heavy atom. The van der Waals surface area contributed by atoms with Crippen molar-refractivity contribution in [3.63, 3.8) is 0 Å². The number of nitrogens with zero attached hydrogens (tertiary/aromatic N) is 4. The average Bonchev–Trinajstić information content (AvgIpc) is 3.23. The molecule has 28 heavy (non-hydrogen) atoms. The summed E-state index contributed by atoms with van der Waals surface area (Å²) in [5.41, 5.74) is 0.321. The van der Waals surface area contributed by atoms with Crippen LogP contribution in [0.3, 0.4) is 0 Å². The molecule has 4 rings (SSSR count). The van der Waals surface area contributed by atoms with Crippen LogP contribution < -0.4 is 16.0 Å². The van der Waals surface area contributed by atoms with Crippen molar-refractivity contribution in [2.45, 2.75) is 36.0 Å². The van der Waals surface area contributed by atoms with Gasteiger partial charge in [-0.2, -0.15) is 0 Å². The predicted molar refractivity (Wildman–Crippen MR) is 110 cm³/mol. The van der Waals surface area contributed by atoms with Crippen LogP contribution in [0.25, 0.3) is 22.4 Å². The first kappa shape index (κ1) is 18.7. The second-order valence-electron chi connectivity index (χ2n) is 6.98. The van der Waals surface area contributed by atoms with Gasteiger partial charge in [-0.05, 0) is 25.0 Å². The third-order valence-corrected chi connectivity index (χ3v) is 6.52. The molecule has 0 N–H and O–H groups in total. The molecule has 0 amide bonds. The van der Waals surface area contributed by atoms with Crippen LogP contribution in [-0.2, 0) is 14.1 Å². The van der Waals surface area contributed by atoms with Crippen molar-refractivity contribution in [3.8, 4) is 17.1 Å². The number of ether oxygens (including phenoxy) is 1. The van der Waals surface area contributed by atoms with E-state index in [1.165, 1.54) is 24.5 Å². The summed E-state index contributed by atoms with van der Waals surface area (Å²) in [5, 5.41) is 1.46. The Morgan fingerprint density at radius 3 is 2.50 bits per heavy atom. The molecule has 0 saturated heterocycles. The third kappa shape index (κ3) is 3.11. The lowest BCUT2D eigenvalue weighted by molar-refractivity contribution is 0.416. The van der Waals surface area contributed by atoms with Crippen molar-refractivity contribution < 1.29 is 4.74 Å². The Bertz CT molecular complexity index is 1160. The lowest BCUT2D eigenvalue weighted by atomic mass is 10.2. The van der Waals surface area contributed by atoms with E-state index in [1.807, 2.05) is 24.3 Å². The fourth-order valence-corrected chi connectivity index (χ4v) is 4.95. The molecule has 0 spiro atoms. The van der Waals surface area contributed by atoms with Crippen LogP contribution in [0, 0.1) is 0 Å². The molecule has 1 aliphatic rings. The molecule has 2 aromatic heterocycles. The molecule has 0 aliphatic heterocycles. The molecule has 3 aromatic rings. The highest BCUT2D eigenvalue weighted by atomic mass is 32.2. The van der Waals surface area contributed by atoms with E-state index >= 15 is 0 Å². The van der Waals surface area contributed by atoms with E-state index in [1.54, 1.807) is 25.9 Å². The molecule has 146 valence electrons. The number of aromatic nitrogens is 4. The number of aryl methyl sites for hydroxylation is 1. The number of thioether (sulfide) groups is 1. The molecule has 1 aliphatic carbocycles. The van der Waals surface area contributed by atoms with E-state index in [9.17, 15) is 9.59 Å². The Labute approximate surface area is 166 Å². The van der Waals surface area contributed by atoms with Gasteiger partial charge in [0.15, 0.2) is 11.5 Å². The Hall–Kier alpha value is -2.61. The van der Waals surface area contributed by atoms with E-state index in [0.29, 0.717) is 32.9 Å². The molecule has 1 aromatic carbocycles. The lowest BCUT2D eigenvalue weighted by Crippen LogP contribution is -2.37. The van der Waals surface area contributed by atoms with Crippen LogP contribution in [0.5, 0.6) is 5.75 Å². The predicted octanol–water partition coefficient (Wildman–Crippen LogP) is 2.74. The largest absolute Gasteiger partial charge is 0.496 e. The summed E-state index contributed by atoms with van der Waals surface area (Å²) in [6.45, 7) is 0. The minimum Gasteiger partial charge on any atom is -0.496 e. The summed E-state index contributed by atoms with van der Waals surface area (Å²) >= 11 is 1.62. The van der Waals surface area contributed by atoms with Crippen LogP contribution in [0.1, 0.15) is 25.7 Å². The van der Waals surface area contributed by atoms with Crippen LogP contribution in [-0.4, -0.2) is 31.5 Å². The number of benzene rings is 1. The molecule has 8 heteroatoms. The summed E-state index contributed by atoms with van der Waals surface area (Å²) in [4.78, 5) is 34.7. The molecule has 0 radical (unpaired) electrons. The first-order valence-corrected chi connectivity index (χ1v) is 10.2. The van der Waals surface area contributed by atoms with Gasteiger partial charge >= 0.3 is 5.69 Å². The maximum absolute atomic E-state index is 12.9. The SMILES string of the molecule is COc1ccccc1-c1nc(SC2CCCC2)c2c(=O)n(C)c(=O)n(C)c2n1. The minimum atomic E-state index is -0.404. The summed E-state index contributed by atoms with van der Waals surface area (Å²) < 4.78 is 7.99. The maximum Gasteiger partial charge on any atom is 0.332 e. The van der Waals surface area contributed by atoms with Gasteiger partial charge in [0.05, 0.1) is 12.7 Å². The van der Waals surface area contributed by atoms with Gasteiger partial charge in [0.1, 0.15) is 16.2 Å². The summed E-state index contributed by atoms with van der Waals surface area (Å²) in [5.74, 6) is 1.10. The second kappa shape index (κ2) is 7.43. The molecular weight excluding hydrogens is 376 g/mol. The van der Waals surface area contributed by atoms with Gasteiger partial charge in [-0.1, -0.05) is 25.0 Å². The molecule has 1 fully saturated rings. The fourth-order valence-electron chi connectivity index (χ4n) is 3.63. The highest BCUT2D eigenvalue weighted by Crippen LogP contribution is 2.37. The van der Waals surface area contributed by atoms with Gasteiger partial charge in [-0.25, -0.2) is 14.8 Å². The Morgan fingerprint density at radius 1 is 1.07 bits per heavy atom. The van der Waals surface area contributed by atoms with E-state index in [-0.39, 0.29) is 5.56 Å². The number of hydrogen-bond donors (Lipinski definition) is 0. The van der Waals surface area contributed by atoms with Crippen molar-refractivity contribution in [3.05, 3.63) is 45.1 Å². The van der Waals surface area contributed by atoms with E-state index in [0.717, 1.165) is 23.0 Å². The number of fused-ring (bicyclic) bond motifs is 1. The van der Waals surface area contributed by atoms with Gasteiger partial charge < -0.3 is 4.74 Å². The highest BCUT2D eigenvalue weighted by molar-refractivity contribution is 8.00. The zero-order chi connectivity index (χ0) is 19.8. The lowest BCUT2D eigenvalue weighted by Gasteiger charge is -2.15. The zero-order valence-electron chi connectivity index (χ0n) is 16.1. The fraction of sp³-hybridized carbons (Fsp3) is 0.400. The van der Waals surface area contributed by atoms with Crippen LogP contribution in [0.4, 0.5) is 0 Å². The Balaban J connectivity index is 2.03. The summed E-state index contributed by atoms with van der Waals surface area (Å²) in [7, 11) is 4.72. The molecule has 2 heterocycles. The molecule has 0 unspecified atom stereocenters. The summed E-state index contributed by atoms with van der Waals surface area (Å²) in [6, 6.07) is 7.49. The van der Waals surface area contributed by atoms with Crippen molar-refractivity contribution in [1.29, 1.82) is 0 Å². The summed E-state index contributed by atoms with van der Waals surface area (Å²) in [6.07, 6.45) is 4.59. The average molecular weight is 398 g/mol. The van der Waals surface area contributed by atoms with Gasteiger partial charge in [0, 0.05) is 19.3 Å². The van der Waals surface area contributed by atoms with E-state index < -0.39 is 5.69 Å². The molecule has 0 atom stereocenters. The topological polar surface area (TPSA) is 79.0 Å². The van der Waals surface area contributed by atoms with E-state index in [4.69, 9.17) is 9.72 Å². The third-order valence-electron chi connectivity index (χ3n) is 5.20. The van der Waals surface area contributed by atoms with Gasteiger partial charge in [0.25, 0.3) is 5.56 Å².